The minimum absolute atomic E-state index is 0. The van der Waals surface area contributed by atoms with Gasteiger partial charge in [-0.15, -0.1) is 12.4 Å². The molecule has 0 aromatic rings. The Balaban J connectivity index is 0.00000324. The molecule has 0 radical (unpaired) electrons. The lowest BCUT2D eigenvalue weighted by molar-refractivity contribution is -0.122. The second-order valence-corrected chi connectivity index (χ2v) is 6.35. The lowest BCUT2D eigenvalue weighted by Gasteiger charge is -2.39. The third-order valence-electron chi connectivity index (χ3n) is 4.72. The topological polar surface area (TPSA) is 55.1 Å². The molecule has 0 bridgehead atoms. The van der Waals surface area contributed by atoms with E-state index in [-0.39, 0.29) is 18.3 Å². The minimum atomic E-state index is 0. The van der Waals surface area contributed by atoms with Crippen molar-refractivity contribution in [1.29, 1.82) is 0 Å². The third kappa shape index (κ3) is 6.13. The van der Waals surface area contributed by atoms with Gasteiger partial charge in [0.05, 0.1) is 0 Å². The van der Waals surface area contributed by atoms with Crippen molar-refractivity contribution in [2.45, 2.75) is 71.8 Å². The Morgan fingerprint density at radius 3 is 2.32 bits per heavy atom. The maximum atomic E-state index is 11.6. The van der Waals surface area contributed by atoms with Gasteiger partial charge in [0.1, 0.15) is 0 Å². The molecule has 0 spiro atoms. The van der Waals surface area contributed by atoms with Gasteiger partial charge in [-0.3, -0.25) is 4.79 Å². The molecule has 0 heterocycles. The van der Waals surface area contributed by atoms with Crippen molar-refractivity contribution in [3.05, 3.63) is 0 Å². The Morgan fingerprint density at radius 2 is 1.84 bits per heavy atom. The molecule has 1 amide bonds. The molecular weight excluding hydrogens is 260 g/mol. The van der Waals surface area contributed by atoms with Crippen LogP contribution in [0.5, 0.6) is 0 Å². The van der Waals surface area contributed by atoms with Crippen molar-refractivity contribution in [2.24, 2.45) is 17.1 Å². The van der Waals surface area contributed by atoms with E-state index in [4.69, 9.17) is 5.73 Å². The van der Waals surface area contributed by atoms with Crippen LogP contribution in [0.3, 0.4) is 0 Å². The molecule has 1 aliphatic rings. The zero-order chi connectivity index (χ0) is 13.6. The number of hydrogen-bond donors (Lipinski definition) is 2. The first-order valence-corrected chi connectivity index (χ1v) is 7.49. The van der Waals surface area contributed by atoms with Gasteiger partial charge in [0, 0.05) is 12.5 Å². The van der Waals surface area contributed by atoms with Crippen molar-refractivity contribution in [3.63, 3.8) is 0 Å². The fraction of sp³-hybridized carbons (Fsp3) is 0.933. The van der Waals surface area contributed by atoms with Crippen LogP contribution in [0.1, 0.15) is 65.7 Å². The monoisotopic (exact) mass is 290 g/mol. The number of amides is 1. The van der Waals surface area contributed by atoms with Crippen molar-refractivity contribution in [3.8, 4) is 0 Å². The summed E-state index contributed by atoms with van der Waals surface area (Å²) in [4.78, 5) is 11.6. The maximum absolute atomic E-state index is 11.6. The van der Waals surface area contributed by atoms with E-state index in [2.05, 4.69) is 26.1 Å². The number of halogens is 1. The highest BCUT2D eigenvalue weighted by Crippen LogP contribution is 2.40. The fourth-order valence-electron chi connectivity index (χ4n) is 2.87. The van der Waals surface area contributed by atoms with Crippen LogP contribution in [0.15, 0.2) is 0 Å². The smallest absolute Gasteiger partial charge is 0.220 e. The first-order chi connectivity index (χ1) is 8.49. The van der Waals surface area contributed by atoms with Gasteiger partial charge in [-0.25, -0.2) is 0 Å². The highest BCUT2D eigenvalue weighted by atomic mass is 35.5. The van der Waals surface area contributed by atoms with E-state index in [0.29, 0.717) is 24.4 Å². The van der Waals surface area contributed by atoms with Crippen molar-refractivity contribution in [1.82, 2.24) is 5.32 Å². The number of nitrogens with two attached hydrogens (primary N) is 1. The van der Waals surface area contributed by atoms with E-state index in [1.54, 1.807) is 0 Å². The summed E-state index contributed by atoms with van der Waals surface area (Å²) >= 11 is 0. The largest absolute Gasteiger partial charge is 0.353 e. The maximum Gasteiger partial charge on any atom is 0.220 e. The van der Waals surface area contributed by atoms with Crippen LogP contribution in [-0.4, -0.2) is 18.5 Å². The molecule has 0 unspecified atom stereocenters. The first-order valence-electron chi connectivity index (χ1n) is 7.49. The molecule has 4 heteroatoms. The standard InChI is InChI=1S/C15H30N2O.ClH/c1-4-15(2,3)12-7-9-13(10-8-12)17-14(18)6-5-11-16;/h12-13H,4-11,16H2,1-3H3,(H,17,18);1H. The van der Waals surface area contributed by atoms with E-state index in [9.17, 15) is 4.79 Å². The lowest BCUT2D eigenvalue weighted by atomic mass is 9.69. The molecule has 1 aliphatic carbocycles. The van der Waals surface area contributed by atoms with Gasteiger partial charge in [-0.1, -0.05) is 27.2 Å². The van der Waals surface area contributed by atoms with Gasteiger partial charge in [0.25, 0.3) is 0 Å². The number of rotatable bonds is 6. The summed E-state index contributed by atoms with van der Waals surface area (Å²) in [6.07, 6.45) is 7.41. The number of nitrogens with one attached hydrogen (secondary N) is 1. The molecule has 3 nitrogen and oxygen atoms in total. The van der Waals surface area contributed by atoms with E-state index in [1.807, 2.05) is 0 Å². The number of hydrogen-bond acceptors (Lipinski definition) is 2. The Kier molecular flexibility index (Phi) is 8.67. The van der Waals surface area contributed by atoms with E-state index in [1.165, 1.54) is 19.3 Å². The molecular formula is C15H31ClN2O. The highest BCUT2D eigenvalue weighted by Gasteiger charge is 2.31. The summed E-state index contributed by atoms with van der Waals surface area (Å²) < 4.78 is 0. The second-order valence-electron chi connectivity index (χ2n) is 6.35. The average molecular weight is 291 g/mol. The molecule has 19 heavy (non-hydrogen) atoms. The van der Waals surface area contributed by atoms with Gasteiger partial charge < -0.3 is 11.1 Å². The summed E-state index contributed by atoms with van der Waals surface area (Å²) in [7, 11) is 0. The normalized spacial score (nSPS) is 23.6. The summed E-state index contributed by atoms with van der Waals surface area (Å²) in [6.45, 7) is 7.63. The molecule has 0 aromatic carbocycles. The van der Waals surface area contributed by atoms with Gasteiger partial charge in [0.15, 0.2) is 0 Å². The van der Waals surface area contributed by atoms with Crippen LogP contribution >= 0.6 is 12.4 Å². The molecule has 0 aliphatic heterocycles. The Morgan fingerprint density at radius 1 is 1.26 bits per heavy atom. The zero-order valence-electron chi connectivity index (χ0n) is 12.7. The van der Waals surface area contributed by atoms with Crippen LogP contribution in [0.2, 0.25) is 0 Å². The highest BCUT2D eigenvalue weighted by molar-refractivity contribution is 5.85. The van der Waals surface area contributed by atoms with Gasteiger partial charge in [-0.05, 0) is 50.0 Å². The van der Waals surface area contributed by atoms with Crippen molar-refractivity contribution in [2.75, 3.05) is 6.54 Å². The predicted octanol–water partition coefficient (Wildman–Crippen LogP) is 3.26. The minimum Gasteiger partial charge on any atom is -0.353 e. The Bertz CT molecular complexity index is 261. The quantitative estimate of drug-likeness (QED) is 0.789. The average Bonchev–Trinajstić information content (AvgIpc) is 2.37. The van der Waals surface area contributed by atoms with E-state index >= 15 is 0 Å². The number of carbonyl (C=O) groups excluding carboxylic acids is 1. The van der Waals surface area contributed by atoms with Crippen LogP contribution in [-0.2, 0) is 4.79 Å². The molecule has 114 valence electrons. The number of carbonyl (C=O) groups is 1. The van der Waals surface area contributed by atoms with E-state index in [0.717, 1.165) is 25.2 Å². The fourth-order valence-corrected chi connectivity index (χ4v) is 2.87. The Labute approximate surface area is 124 Å². The SMILES string of the molecule is CCC(C)(C)C1CCC(NC(=O)CCCN)CC1.Cl. The summed E-state index contributed by atoms with van der Waals surface area (Å²) in [5.41, 5.74) is 5.86. The zero-order valence-corrected chi connectivity index (χ0v) is 13.5. The van der Waals surface area contributed by atoms with Crippen LogP contribution in [0, 0.1) is 11.3 Å². The summed E-state index contributed by atoms with van der Waals surface area (Å²) in [5, 5.41) is 3.15. The van der Waals surface area contributed by atoms with Gasteiger partial charge in [-0.2, -0.15) is 0 Å². The van der Waals surface area contributed by atoms with Crippen molar-refractivity contribution < 1.29 is 4.79 Å². The molecule has 1 fully saturated rings. The van der Waals surface area contributed by atoms with Gasteiger partial charge >= 0.3 is 0 Å². The molecule has 1 saturated carbocycles. The summed E-state index contributed by atoms with van der Waals surface area (Å²) in [5.74, 6) is 0.998. The first kappa shape index (κ1) is 18.7. The molecule has 0 aromatic heterocycles. The van der Waals surface area contributed by atoms with Crippen molar-refractivity contribution >= 4 is 18.3 Å². The predicted molar refractivity (Wildman–Crippen MR) is 83.5 cm³/mol. The second kappa shape index (κ2) is 8.80. The molecule has 0 atom stereocenters. The van der Waals surface area contributed by atoms with Gasteiger partial charge in [0.2, 0.25) is 5.91 Å². The molecule has 3 N–H and O–H groups in total. The van der Waals surface area contributed by atoms with E-state index < -0.39 is 0 Å². The van der Waals surface area contributed by atoms with Crippen LogP contribution in [0.25, 0.3) is 0 Å². The summed E-state index contributed by atoms with van der Waals surface area (Å²) in [6, 6.07) is 0.402. The lowest BCUT2D eigenvalue weighted by Crippen LogP contribution is -2.39. The van der Waals surface area contributed by atoms with Crippen LogP contribution < -0.4 is 11.1 Å². The molecule has 0 saturated heterocycles. The van der Waals surface area contributed by atoms with Crippen LogP contribution in [0.4, 0.5) is 0 Å². The Hall–Kier alpha value is -0.280. The third-order valence-corrected chi connectivity index (χ3v) is 4.72. The molecule has 1 rings (SSSR count).